The molecule has 0 bridgehead atoms. The fourth-order valence-electron chi connectivity index (χ4n) is 2.61. The van der Waals surface area contributed by atoms with E-state index >= 15 is 0 Å². The second kappa shape index (κ2) is 9.33. The van der Waals surface area contributed by atoms with E-state index in [1.807, 2.05) is 36.4 Å². The van der Waals surface area contributed by atoms with Crippen molar-refractivity contribution in [1.29, 1.82) is 0 Å². The molecule has 1 heterocycles. The van der Waals surface area contributed by atoms with Gasteiger partial charge in [0.15, 0.2) is 0 Å². The summed E-state index contributed by atoms with van der Waals surface area (Å²) in [4.78, 5) is 25.4. The number of benzene rings is 2. The number of nitrogens with two attached hydrogens (primary N) is 1. The largest absolute Gasteiger partial charge is 0.369 e. The summed E-state index contributed by atoms with van der Waals surface area (Å²) < 4.78 is 0. The summed E-state index contributed by atoms with van der Waals surface area (Å²) in [6, 6.07) is 15.2. The molecule has 0 aliphatic carbocycles. The van der Waals surface area contributed by atoms with E-state index in [0.29, 0.717) is 17.4 Å². The van der Waals surface area contributed by atoms with Gasteiger partial charge in [-0.2, -0.15) is 4.80 Å². The smallest absolute Gasteiger partial charge is 0.248 e. The molecule has 0 saturated carbocycles. The number of carbonyl (C=O) groups is 2. The lowest BCUT2D eigenvalue weighted by Crippen LogP contribution is -2.21. The van der Waals surface area contributed by atoms with E-state index in [9.17, 15) is 9.59 Å². The van der Waals surface area contributed by atoms with Crippen LogP contribution in [0.2, 0.25) is 0 Å². The van der Waals surface area contributed by atoms with Crippen molar-refractivity contribution in [3.8, 4) is 11.4 Å². The van der Waals surface area contributed by atoms with Gasteiger partial charge in [-0.15, -0.1) is 22.0 Å². The number of rotatable bonds is 8. The molecule has 8 nitrogen and oxygen atoms in total. The molecule has 29 heavy (non-hydrogen) atoms. The van der Waals surface area contributed by atoms with Gasteiger partial charge in [-0.05, 0) is 28.8 Å². The van der Waals surface area contributed by atoms with E-state index in [1.54, 1.807) is 12.1 Å². The lowest BCUT2D eigenvalue weighted by Gasteiger charge is -2.09. The zero-order valence-electron chi connectivity index (χ0n) is 16.2. The summed E-state index contributed by atoms with van der Waals surface area (Å²) in [5.74, 6) is 0.329. The molecule has 0 radical (unpaired) electrons. The van der Waals surface area contributed by atoms with Crippen molar-refractivity contribution in [2.75, 3.05) is 11.1 Å². The number of amides is 2. The maximum atomic E-state index is 12.4. The maximum Gasteiger partial charge on any atom is 0.248 e. The van der Waals surface area contributed by atoms with E-state index < -0.39 is 5.91 Å². The number of carbonyl (C=O) groups excluding carboxylic acids is 2. The molecule has 0 saturated heterocycles. The SMILES string of the molecule is CC(C)c1ccc(-c2nnn(CC(=O)Nc3ccccc3SCC(N)=O)n2)cc1. The zero-order chi connectivity index (χ0) is 20.8. The third-order valence-electron chi connectivity index (χ3n) is 4.10. The zero-order valence-corrected chi connectivity index (χ0v) is 17.0. The van der Waals surface area contributed by atoms with Crippen molar-refractivity contribution in [2.45, 2.75) is 31.2 Å². The van der Waals surface area contributed by atoms with Gasteiger partial charge in [0.05, 0.1) is 11.4 Å². The summed E-state index contributed by atoms with van der Waals surface area (Å²) in [6.07, 6.45) is 0. The molecule has 2 amide bonds. The Morgan fingerprint density at radius 2 is 1.86 bits per heavy atom. The van der Waals surface area contributed by atoms with Crippen LogP contribution in [0.5, 0.6) is 0 Å². The second-order valence-electron chi connectivity index (χ2n) is 6.72. The minimum Gasteiger partial charge on any atom is -0.369 e. The Labute approximate surface area is 172 Å². The lowest BCUT2D eigenvalue weighted by atomic mass is 10.0. The molecule has 3 aromatic rings. The highest BCUT2D eigenvalue weighted by Crippen LogP contribution is 2.26. The molecule has 9 heteroatoms. The van der Waals surface area contributed by atoms with Gasteiger partial charge in [-0.3, -0.25) is 9.59 Å². The van der Waals surface area contributed by atoms with Crippen LogP contribution in [0.15, 0.2) is 53.4 Å². The normalized spacial score (nSPS) is 10.9. The van der Waals surface area contributed by atoms with Crippen LogP contribution >= 0.6 is 11.8 Å². The minimum atomic E-state index is -0.420. The Morgan fingerprint density at radius 3 is 2.55 bits per heavy atom. The van der Waals surface area contributed by atoms with Crippen LogP contribution in [-0.4, -0.2) is 37.8 Å². The van der Waals surface area contributed by atoms with Crippen molar-refractivity contribution in [3.05, 3.63) is 54.1 Å². The van der Waals surface area contributed by atoms with Gasteiger partial charge in [-0.25, -0.2) is 0 Å². The van der Waals surface area contributed by atoms with Crippen LogP contribution in [0, 0.1) is 0 Å². The van der Waals surface area contributed by atoms with Crippen LogP contribution in [-0.2, 0) is 16.1 Å². The Bertz CT molecular complexity index is 1000. The first-order valence-corrected chi connectivity index (χ1v) is 10.1. The highest BCUT2D eigenvalue weighted by molar-refractivity contribution is 8.00. The molecule has 0 spiro atoms. The Morgan fingerprint density at radius 1 is 1.14 bits per heavy atom. The van der Waals surface area contributed by atoms with Gasteiger partial charge in [0, 0.05) is 10.5 Å². The fraction of sp³-hybridized carbons (Fsp3) is 0.250. The quantitative estimate of drug-likeness (QED) is 0.552. The minimum absolute atomic E-state index is 0.0775. The third kappa shape index (κ3) is 5.64. The van der Waals surface area contributed by atoms with Crippen LogP contribution in [0.1, 0.15) is 25.3 Å². The van der Waals surface area contributed by atoms with Crippen molar-refractivity contribution in [2.24, 2.45) is 5.73 Å². The number of nitrogens with zero attached hydrogens (tertiary/aromatic N) is 4. The number of primary amides is 1. The Balaban J connectivity index is 1.64. The number of anilines is 1. The lowest BCUT2D eigenvalue weighted by molar-refractivity contribution is -0.117. The number of nitrogens with one attached hydrogen (secondary N) is 1. The standard InChI is InChI=1S/C20H22N6O2S/c1-13(2)14-7-9-15(10-8-14)20-23-25-26(24-20)11-19(28)22-16-5-3-4-6-17(16)29-12-18(21)27/h3-10,13H,11-12H2,1-2H3,(H2,21,27)(H,22,28). The monoisotopic (exact) mass is 410 g/mol. The van der Waals surface area contributed by atoms with Crippen LogP contribution in [0.4, 0.5) is 5.69 Å². The van der Waals surface area contributed by atoms with E-state index in [-0.39, 0.29) is 18.2 Å². The molecule has 0 atom stereocenters. The molecule has 0 aliphatic rings. The van der Waals surface area contributed by atoms with Gasteiger partial charge in [0.1, 0.15) is 6.54 Å². The maximum absolute atomic E-state index is 12.4. The van der Waals surface area contributed by atoms with E-state index in [1.165, 1.54) is 22.1 Å². The number of hydrogen-bond donors (Lipinski definition) is 2. The molecule has 1 aromatic heterocycles. The average Bonchev–Trinajstić information content (AvgIpc) is 3.15. The second-order valence-corrected chi connectivity index (χ2v) is 7.74. The molecule has 2 aromatic carbocycles. The predicted octanol–water partition coefficient (Wildman–Crippen LogP) is 2.68. The number of thioether (sulfide) groups is 1. The molecule has 0 fully saturated rings. The molecule has 0 unspecified atom stereocenters. The van der Waals surface area contributed by atoms with Gasteiger partial charge in [0.2, 0.25) is 17.6 Å². The molecular formula is C20H22N6O2S. The number of tetrazole rings is 1. The number of aromatic nitrogens is 4. The third-order valence-corrected chi connectivity index (χ3v) is 5.20. The van der Waals surface area contributed by atoms with Crippen molar-refractivity contribution >= 4 is 29.3 Å². The summed E-state index contributed by atoms with van der Waals surface area (Å²) in [6.45, 7) is 4.19. The summed E-state index contributed by atoms with van der Waals surface area (Å²) in [5.41, 5.74) is 7.87. The Kier molecular flexibility index (Phi) is 6.61. The number of para-hydroxylation sites is 1. The van der Waals surface area contributed by atoms with Gasteiger partial charge < -0.3 is 11.1 Å². The topological polar surface area (TPSA) is 116 Å². The van der Waals surface area contributed by atoms with Gasteiger partial charge in [-0.1, -0.05) is 50.2 Å². The molecule has 3 rings (SSSR count). The van der Waals surface area contributed by atoms with Crippen LogP contribution in [0.25, 0.3) is 11.4 Å². The fourth-order valence-corrected chi connectivity index (χ4v) is 3.35. The summed E-state index contributed by atoms with van der Waals surface area (Å²) in [7, 11) is 0. The van der Waals surface area contributed by atoms with Crippen LogP contribution < -0.4 is 11.1 Å². The van der Waals surface area contributed by atoms with Crippen molar-refractivity contribution in [3.63, 3.8) is 0 Å². The molecule has 0 aliphatic heterocycles. The summed E-state index contributed by atoms with van der Waals surface area (Å²) in [5, 5.41) is 15.1. The van der Waals surface area contributed by atoms with Crippen molar-refractivity contribution in [1.82, 2.24) is 20.2 Å². The molecular weight excluding hydrogens is 388 g/mol. The van der Waals surface area contributed by atoms with Gasteiger partial charge in [0.25, 0.3) is 0 Å². The van der Waals surface area contributed by atoms with E-state index in [2.05, 4.69) is 34.6 Å². The summed E-state index contributed by atoms with van der Waals surface area (Å²) >= 11 is 1.27. The molecule has 150 valence electrons. The first-order chi connectivity index (χ1) is 13.9. The van der Waals surface area contributed by atoms with Gasteiger partial charge >= 0.3 is 0 Å². The predicted molar refractivity (Wildman–Crippen MR) is 112 cm³/mol. The Hall–Kier alpha value is -3.20. The van der Waals surface area contributed by atoms with E-state index in [0.717, 1.165) is 10.5 Å². The van der Waals surface area contributed by atoms with E-state index in [4.69, 9.17) is 5.73 Å². The highest BCUT2D eigenvalue weighted by Gasteiger charge is 2.12. The first-order valence-electron chi connectivity index (χ1n) is 9.10. The van der Waals surface area contributed by atoms with Crippen molar-refractivity contribution < 1.29 is 9.59 Å². The molecule has 3 N–H and O–H groups in total. The first kappa shape index (κ1) is 20.5. The highest BCUT2D eigenvalue weighted by atomic mass is 32.2. The number of hydrogen-bond acceptors (Lipinski definition) is 6. The van der Waals surface area contributed by atoms with Crippen LogP contribution in [0.3, 0.4) is 0 Å². The average molecular weight is 411 g/mol.